The van der Waals surface area contributed by atoms with E-state index in [0.717, 1.165) is 11.1 Å². The SMILES string of the molecule is Cc1ccccc1C(=O)NC(N)=NCc1ccccc1. The Hall–Kier alpha value is -2.62. The van der Waals surface area contributed by atoms with Crippen LogP contribution in [0.5, 0.6) is 0 Å². The van der Waals surface area contributed by atoms with E-state index in [4.69, 9.17) is 5.73 Å². The molecular formula is C16H17N3O. The molecule has 1 amide bonds. The molecule has 0 fully saturated rings. The first-order valence-electron chi connectivity index (χ1n) is 6.37. The molecule has 3 N–H and O–H groups in total. The predicted octanol–water partition coefficient (Wildman–Crippen LogP) is 2.24. The molecule has 0 saturated heterocycles. The Kier molecular flexibility index (Phi) is 4.50. The van der Waals surface area contributed by atoms with Gasteiger partial charge in [-0.25, -0.2) is 4.99 Å². The zero-order valence-corrected chi connectivity index (χ0v) is 11.3. The molecule has 0 saturated carbocycles. The van der Waals surface area contributed by atoms with Gasteiger partial charge in [-0.3, -0.25) is 10.1 Å². The normalized spacial score (nSPS) is 11.2. The van der Waals surface area contributed by atoms with Crippen molar-refractivity contribution in [1.82, 2.24) is 5.32 Å². The lowest BCUT2D eigenvalue weighted by Crippen LogP contribution is -2.37. The fourth-order valence-corrected chi connectivity index (χ4v) is 1.81. The monoisotopic (exact) mass is 267 g/mol. The largest absolute Gasteiger partial charge is 0.370 e. The van der Waals surface area contributed by atoms with Gasteiger partial charge >= 0.3 is 0 Å². The van der Waals surface area contributed by atoms with E-state index >= 15 is 0 Å². The second-order valence-electron chi connectivity index (χ2n) is 4.46. The van der Waals surface area contributed by atoms with Gasteiger partial charge < -0.3 is 5.73 Å². The van der Waals surface area contributed by atoms with Gasteiger partial charge in [-0.05, 0) is 24.1 Å². The number of carbonyl (C=O) groups is 1. The van der Waals surface area contributed by atoms with Gasteiger partial charge in [0.15, 0.2) is 5.96 Å². The van der Waals surface area contributed by atoms with Crippen molar-refractivity contribution in [3.8, 4) is 0 Å². The number of guanidine groups is 1. The van der Waals surface area contributed by atoms with E-state index in [9.17, 15) is 4.79 Å². The summed E-state index contributed by atoms with van der Waals surface area (Å²) in [4.78, 5) is 16.2. The van der Waals surface area contributed by atoms with Crippen LogP contribution in [0.1, 0.15) is 21.5 Å². The Morgan fingerprint density at radius 2 is 1.75 bits per heavy atom. The lowest BCUT2D eigenvalue weighted by atomic mass is 10.1. The number of nitrogens with one attached hydrogen (secondary N) is 1. The Labute approximate surface area is 118 Å². The molecular weight excluding hydrogens is 250 g/mol. The molecule has 0 atom stereocenters. The van der Waals surface area contributed by atoms with Crippen molar-refractivity contribution in [3.63, 3.8) is 0 Å². The number of nitrogens with zero attached hydrogens (tertiary/aromatic N) is 1. The molecule has 0 heterocycles. The summed E-state index contributed by atoms with van der Waals surface area (Å²) in [7, 11) is 0. The molecule has 0 spiro atoms. The summed E-state index contributed by atoms with van der Waals surface area (Å²) in [5.41, 5.74) is 8.28. The number of hydrogen-bond acceptors (Lipinski definition) is 2. The van der Waals surface area contributed by atoms with Crippen molar-refractivity contribution in [2.75, 3.05) is 0 Å². The van der Waals surface area contributed by atoms with Crippen LogP contribution in [0.25, 0.3) is 0 Å². The van der Waals surface area contributed by atoms with Gasteiger partial charge in [0, 0.05) is 5.56 Å². The first kappa shape index (κ1) is 13.8. The summed E-state index contributed by atoms with van der Waals surface area (Å²) < 4.78 is 0. The molecule has 2 aromatic carbocycles. The number of aliphatic imine (C=N–C) groups is 1. The van der Waals surface area contributed by atoms with Crippen molar-refractivity contribution in [3.05, 3.63) is 71.3 Å². The van der Waals surface area contributed by atoms with E-state index in [1.165, 1.54) is 0 Å². The average molecular weight is 267 g/mol. The topological polar surface area (TPSA) is 67.5 Å². The maximum atomic E-state index is 12.0. The van der Waals surface area contributed by atoms with Gasteiger partial charge in [0.05, 0.1) is 6.54 Å². The molecule has 2 aromatic rings. The van der Waals surface area contributed by atoms with Crippen molar-refractivity contribution < 1.29 is 4.79 Å². The fraction of sp³-hybridized carbons (Fsp3) is 0.125. The molecule has 102 valence electrons. The lowest BCUT2D eigenvalue weighted by Gasteiger charge is -2.06. The summed E-state index contributed by atoms with van der Waals surface area (Å²) in [5, 5.41) is 2.60. The minimum absolute atomic E-state index is 0.127. The molecule has 0 unspecified atom stereocenters. The van der Waals surface area contributed by atoms with Gasteiger partial charge in [-0.2, -0.15) is 0 Å². The van der Waals surface area contributed by atoms with Crippen LogP contribution in [-0.4, -0.2) is 11.9 Å². The van der Waals surface area contributed by atoms with E-state index in [1.54, 1.807) is 6.07 Å². The van der Waals surface area contributed by atoms with Gasteiger partial charge in [-0.15, -0.1) is 0 Å². The van der Waals surface area contributed by atoms with Crippen molar-refractivity contribution in [2.24, 2.45) is 10.7 Å². The second kappa shape index (κ2) is 6.52. The maximum Gasteiger partial charge on any atom is 0.258 e. The van der Waals surface area contributed by atoms with Crippen LogP contribution in [0, 0.1) is 6.92 Å². The molecule has 20 heavy (non-hydrogen) atoms. The van der Waals surface area contributed by atoms with Crippen LogP contribution >= 0.6 is 0 Å². The second-order valence-corrected chi connectivity index (χ2v) is 4.46. The number of nitrogens with two attached hydrogens (primary N) is 1. The standard InChI is InChI=1S/C16H17N3O/c1-12-7-5-6-10-14(12)15(20)19-16(17)18-11-13-8-3-2-4-9-13/h2-10H,11H2,1H3,(H3,17,18,19,20). The highest BCUT2D eigenvalue weighted by atomic mass is 16.1. The quantitative estimate of drug-likeness (QED) is 0.661. The zero-order valence-electron chi connectivity index (χ0n) is 11.3. The highest BCUT2D eigenvalue weighted by molar-refractivity contribution is 6.05. The molecule has 0 bridgehead atoms. The number of amides is 1. The summed E-state index contributed by atoms with van der Waals surface area (Å²) in [6.07, 6.45) is 0. The molecule has 4 nitrogen and oxygen atoms in total. The number of hydrogen-bond donors (Lipinski definition) is 2. The van der Waals surface area contributed by atoms with Gasteiger partial charge in [-0.1, -0.05) is 48.5 Å². The van der Waals surface area contributed by atoms with Gasteiger partial charge in [0.25, 0.3) is 5.91 Å². The van der Waals surface area contributed by atoms with Gasteiger partial charge in [0.1, 0.15) is 0 Å². The van der Waals surface area contributed by atoms with Crippen LogP contribution < -0.4 is 11.1 Å². The zero-order chi connectivity index (χ0) is 14.4. The van der Waals surface area contributed by atoms with Crippen molar-refractivity contribution in [2.45, 2.75) is 13.5 Å². The fourth-order valence-electron chi connectivity index (χ4n) is 1.81. The smallest absolute Gasteiger partial charge is 0.258 e. The molecule has 0 aliphatic carbocycles. The summed E-state index contributed by atoms with van der Waals surface area (Å²) in [5.74, 6) is -0.112. The minimum atomic E-state index is -0.239. The Balaban J connectivity index is 1.99. The van der Waals surface area contributed by atoms with E-state index in [1.807, 2.05) is 55.5 Å². The van der Waals surface area contributed by atoms with E-state index in [-0.39, 0.29) is 11.9 Å². The number of carbonyl (C=O) groups excluding carboxylic acids is 1. The number of aryl methyl sites for hydroxylation is 1. The molecule has 4 heteroatoms. The third-order valence-electron chi connectivity index (χ3n) is 2.91. The van der Waals surface area contributed by atoms with Crippen LogP contribution in [0.2, 0.25) is 0 Å². The van der Waals surface area contributed by atoms with Crippen molar-refractivity contribution >= 4 is 11.9 Å². The van der Waals surface area contributed by atoms with E-state index in [0.29, 0.717) is 12.1 Å². The predicted molar refractivity (Wildman–Crippen MR) is 80.4 cm³/mol. The van der Waals surface area contributed by atoms with E-state index in [2.05, 4.69) is 10.3 Å². The minimum Gasteiger partial charge on any atom is -0.370 e. The Morgan fingerprint density at radius 3 is 2.45 bits per heavy atom. The molecule has 0 aliphatic rings. The summed E-state index contributed by atoms with van der Waals surface area (Å²) >= 11 is 0. The third-order valence-corrected chi connectivity index (χ3v) is 2.91. The van der Waals surface area contributed by atoms with Crippen LogP contribution in [0.15, 0.2) is 59.6 Å². The number of rotatable bonds is 3. The van der Waals surface area contributed by atoms with Crippen LogP contribution in [0.3, 0.4) is 0 Å². The Morgan fingerprint density at radius 1 is 1.10 bits per heavy atom. The first-order valence-corrected chi connectivity index (χ1v) is 6.37. The first-order chi connectivity index (χ1) is 9.66. The molecule has 0 aromatic heterocycles. The molecule has 0 radical (unpaired) electrons. The van der Waals surface area contributed by atoms with Crippen LogP contribution in [0.4, 0.5) is 0 Å². The van der Waals surface area contributed by atoms with Crippen molar-refractivity contribution in [1.29, 1.82) is 0 Å². The maximum absolute atomic E-state index is 12.0. The average Bonchev–Trinajstić information content (AvgIpc) is 2.46. The van der Waals surface area contributed by atoms with Gasteiger partial charge in [0.2, 0.25) is 0 Å². The van der Waals surface area contributed by atoms with E-state index < -0.39 is 0 Å². The summed E-state index contributed by atoms with van der Waals surface area (Å²) in [6, 6.07) is 17.1. The highest BCUT2D eigenvalue weighted by Crippen LogP contribution is 2.06. The number of benzene rings is 2. The Bertz CT molecular complexity index is 621. The molecule has 0 aliphatic heterocycles. The van der Waals surface area contributed by atoms with Crippen LogP contribution in [-0.2, 0) is 6.54 Å². The highest BCUT2D eigenvalue weighted by Gasteiger charge is 2.08. The third kappa shape index (κ3) is 3.68. The lowest BCUT2D eigenvalue weighted by molar-refractivity contribution is 0.0976. The molecule has 2 rings (SSSR count). The summed E-state index contributed by atoms with van der Waals surface area (Å²) in [6.45, 7) is 2.33.